The highest BCUT2D eigenvalue weighted by Crippen LogP contribution is 2.31. The molecule has 2 heterocycles. The molecule has 23 heavy (non-hydrogen) atoms. The second-order valence-electron chi connectivity index (χ2n) is 6.23. The van der Waals surface area contributed by atoms with Crippen molar-refractivity contribution in [1.29, 1.82) is 0 Å². The second kappa shape index (κ2) is 5.57. The van der Waals surface area contributed by atoms with Crippen LogP contribution in [0.2, 0.25) is 0 Å². The zero-order chi connectivity index (χ0) is 15.8. The van der Waals surface area contributed by atoms with Gasteiger partial charge in [0, 0.05) is 0 Å². The van der Waals surface area contributed by atoms with Crippen molar-refractivity contribution in [1.82, 2.24) is 14.3 Å². The number of nitrogens with zero attached hydrogens (tertiary/aromatic N) is 3. The molecule has 0 amide bonds. The third-order valence-electron chi connectivity index (χ3n) is 4.66. The Hall–Kier alpha value is -2.56. The summed E-state index contributed by atoms with van der Waals surface area (Å²) < 4.78 is 3.86. The van der Waals surface area contributed by atoms with E-state index < -0.39 is 0 Å². The first-order valence-electron chi connectivity index (χ1n) is 8.20. The number of nitrogen functional groups attached to an aromatic ring is 1. The normalized spacial score (nSPS) is 16.0. The van der Waals surface area contributed by atoms with E-state index in [1.54, 1.807) is 16.9 Å². The van der Waals surface area contributed by atoms with Gasteiger partial charge in [0.1, 0.15) is 0 Å². The number of pyridine rings is 1. The van der Waals surface area contributed by atoms with Crippen LogP contribution in [0.4, 0.5) is 5.69 Å². The van der Waals surface area contributed by atoms with Crippen LogP contribution in [0.15, 0.2) is 47.4 Å². The highest BCUT2D eigenvalue weighted by Gasteiger charge is 2.24. The Morgan fingerprint density at radius 2 is 1.83 bits per heavy atom. The van der Waals surface area contributed by atoms with Crippen molar-refractivity contribution in [3.05, 3.63) is 52.9 Å². The number of anilines is 1. The summed E-state index contributed by atoms with van der Waals surface area (Å²) in [5.41, 5.74) is 7.94. The van der Waals surface area contributed by atoms with E-state index in [0.29, 0.717) is 17.1 Å². The predicted octanol–water partition coefficient (Wildman–Crippen LogP) is 3.27. The number of benzene rings is 1. The molecule has 0 bridgehead atoms. The van der Waals surface area contributed by atoms with Crippen molar-refractivity contribution >= 4 is 16.7 Å². The summed E-state index contributed by atoms with van der Waals surface area (Å²) in [4.78, 5) is 17.5. The minimum atomic E-state index is -0.0448. The van der Waals surface area contributed by atoms with Gasteiger partial charge in [-0.1, -0.05) is 37.5 Å². The van der Waals surface area contributed by atoms with Crippen molar-refractivity contribution in [2.75, 3.05) is 5.73 Å². The van der Waals surface area contributed by atoms with Gasteiger partial charge in [0.2, 0.25) is 0 Å². The number of aromatic nitrogens is 3. The summed E-state index contributed by atoms with van der Waals surface area (Å²) in [5.74, 6) is 0. The molecule has 0 radical (unpaired) electrons. The molecule has 1 aliphatic rings. The number of rotatable bonds is 2. The summed E-state index contributed by atoms with van der Waals surface area (Å²) in [6.45, 7) is 0. The van der Waals surface area contributed by atoms with Gasteiger partial charge in [0.25, 0.3) is 5.56 Å². The molecule has 2 N–H and O–H groups in total. The first-order valence-corrected chi connectivity index (χ1v) is 8.20. The number of hydrogen-bond acceptors (Lipinski definition) is 3. The van der Waals surface area contributed by atoms with Crippen LogP contribution in [0, 0.1) is 0 Å². The summed E-state index contributed by atoms with van der Waals surface area (Å²) in [5, 5.41) is 0.597. The van der Waals surface area contributed by atoms with Crippen molar-refractivity contribution in [3.8, 4) is 5.69 Å². The Morgan fingerprint density at radius 3 is 2.57 bits per heavy atom. The number of para-hydroxylation sites is 1. The van der Waals surface area contributed by atoms with Crippen molar-refractivity contribution in [3.63, 3.8) is 0 Å². The first kappa shape index (κ1) is 14.1. The third-order valence-corrected chi connectivity index (χ3v) is 4.66. The molecule has 1 aromatic carbocycles. The summed E-state index contributed by atoms with van der Waals surface area (Å²) in [6.07, 6.45) is 7.47. The molecule has 0 atom stereocenters. The number of fused-ring (bicyclic) bond motifs is 1. The molecule has 0 unspecified atom stereocenters. The number of hydrogen-bond donors (Lipinski definition) is 1. The lowest BCUT2D eigenvalue weighted by Crippen LogP contribution is -2.25. The maximum Gasteiger partial charge on any atom is 0.281 e. The van der Waals surface area contributed by atoms with Crippen LogP contribution in [0.1, 0.15) is 38.1 Å². The molecule has 5 heteroatoms. The molecule has 4 rings (SSSR count). The van der Waals surface area contributed by atoms with E-state index >= 15 is 0 Å². The van der Waals surface area contributed by atoms with E-state index in [4.69, 9.17) is 5.73 Å². The van der Waals surface area contributed by atoms with Gasteiger partial charge in [-0.05, 0) is 31.0 Å². The molecular formula is C18H20N4O. The molecule has 0 spiro atoms. The largest absolute Gasteiger partial charge is 0.397 e. The van der Waals surface area contributed by atoms with E-state index in [0.717, 1.165) is 24.2 Å². The SMILES string of the molecule is Nc1cnc2c(c1)c(=O)n(-c1ccccc1)n2C1CCCCC1. The molecule has 118 valence electrons. The Morgan fingerprint density at radius 1 is 1.09 bits per heavy atom. The van der Waals surface area contributed by atoms with Gasteiger partial charge in [0.15, 0.2) is 5.65 Å². The highest BCUT2D eigenvalue weighted by atomic mass is 16.1. The molecule has 0 aliphatic heterocycles. The minimum absolute atomic E-state index is 0.0448. The van der Waals surface area contributed by atoms with Crippen molar-refractivity contribution < 1.29 is 0 Å². The van der Waals surface area contributed by atoms with Crippen LogP contribution in [0.3, 0.4) is 0 Å². The van der Waals surface area contributed by atoms with E-state index in [1.165, 1.54) is 19.3 Å². The maximum absolute atomic E-state index is 13.0. The van der Waals surface area contributed by atoms with Gasteiger partial charge in [-0.2, -0.15) is 0 Å². The van der Waals surface area contributed by atoms with E-state index in [-0.39, 0.29) is 5.56 Å². The van der Waals surface area contributed by atoms with Crippen LogP contribution >= 0.6 is 0 Å². The Kier molecular flexibility index (Phi) is 3.41. The van der Waals surface area contributed by atoms with Gasteiger partial charge in [-0.3, -0.25) is 9.48 Å². The monoisotopic (exact) mass is 308 g/mol. The summed E-state index contributed by atoms with van der Waals surface area (Å²) in [6, 6.07) is 11.8. The fraction of sp³-hybridized carbons (Fsp3) is 0.333. The molecule has 1 aliphatic carbocycles. The van der Waals surface area contributed by atoms with Crippen LogP contribution in [0.25, 0.3) is 16.7 Å². The van der Waals surface area contributed by atoms with Gasteiger partial charge >= 0.3 is 0 Å². The average molecular weight is 308 g/mol. The predicted molar refractivity (Wildman–Crippen MR) is 91.9 cm³/mol. The maximum atomic E-state index is 13.0. The van der Waals surface area contributed by atoms with Crippen LogP contribution in [0.5, 0.6) is 0 Å². The van der Waals surface area contributed by atoms with Gasteiger partial charge in [-0.15, -0.1) is 0 Å². The Balaban J connectivity index is 2.03. The van der Waals surface area contributed by atoms with Gasteiger partial charge in [-0.25, -0.2) is 9.67 Å². The molecular weight excluding hydrogens is 288 g/mol. The lowest BCUT2D eigenvalue weighted by molar-refractivity contribution is 0.317. The first-order chi connectivity index (χ1) is 11.3. The molecule has 3 aromatic rings. The van der Waals surface area contributed by atoms with Gasteiger partial charge in [0.05, 0.1) is 29.0 Å². The Labute approximate surface area is 134 Å². The molecule has 1 saturated carbocycles. The Bertz CT molecular complexity index is 889. The molecule has 2 aromatic heterocycles. The van der Waals surface area contributed by atoms with Crippen LogP contribution < -0.4 is 11.3 Å². The average Bonchev–Trinajstić information content (AvgIpc) is 2.89. The quantitative estimate of drug-likeness (QED) is 0.790. The van der Waals surface area contributed by atoms with E-state index in [9.17, 15) is 4.79 Å². The lowest BCUT2D eigenvalue weighted by Gasteiger charge is -2.26. The number of nitrogens with two attached hydrogens (primary N) is 1. The molecule has 1 fully saturated rings. The molecule has 0 saturated heterocycles. The third kappa shape index (κ3) is 2.32. The summed E-state index contributed by atoms with van der Waals surface area (Å²) in [7, 11) is 0. The van der Waals surface area contributed by atoms with Crippen LogP contribution in [-0.4, -0.2) is 14.3 Å². The van der Waals surface area contributed by atoms with Crippen LogP contribution in [-0.2, 0) is 0 Å². The fourth-order valence-corrected chi connectivity index (χ4v) is 3.59. The van der Waals surface area contributed by atoms with Crippen molar-refractivity contribution in [2.45, 2.75) is 38.1 Å². The molecule has 5 nitrogen and oxygen atoms in total. The van der Waals surface area contributed by atoms with E-state index in [2.05, 4.69) is 9.67 Å². The zero-order valence-electron chi connectivity index (χ0n) is 13.0. The lowest BCUT2D eigenvalue weighted by atomic mass is 9.96. The second-order valence-corrected chi connectivity index (χ2v) is 6.23. The smallest absolute Gasteiger partial charge is 0.281 e. The van der Waals surface area contributed by atoms with Crippen molar-refractivity contribution in [2.24, 2.45) is 0 Å². The fourth-order valence-electron chi connectivity index (χ4n) is 3.59. The minimum Gasteiger partial charge on any atom is -0.397 e. The standard InChI is InChI=1S/C18H20N4O/c19-13-11-16-17(20-12-13)21(14-7-3-1-4-8-14)22(18(16)23)15-9-5-2-6-10-15/h2,5-6,9-12,14H,1,3-4,7-8,19H2. The topological polar surface area (TPSA) is 65.8 Å². The van der Waals surface area contributed by atoms with E-state index in [1.807, 2.05) is 30.3 Å². The van der Waals surface area contributed by atoms with Gasteiger partial charge < -0.3 is 5.73 Å². The summed E-state index contributed by atoms with van der Waals surface area (Å²) >= 11 is 0. The zero-order valence-corrected chi connectivity index (χ0v) is 13.0. The highest BCUT2D eigenvalue weighted by molar-refractivity contribution is 5.78.